The van der Waals surface area contributed by atoms with Crippen molar-refractivity contribution in [2.75, 3.05) is 0 Å². The first kappa shape index (κ1) is 26.0. The molecule has 2 N–H and O–H groups in total. The number of nitrogens with one attached hydrogen (secondary N) is 1. The van der Waals surface area contributed by atoms with Crippen LogP contribution in [0, 0.1) is 5.82 Å². The SMILES string of the molecule is O=C(O)C(F)c1cc(C(F)(F)F)c(Oc2ccc3[nH]cc(Cc4ccc(F)cc4)c3c2)c(C(F)(F)F)c1. The molecule has 1 heterocycles. The van der Waals surface area contributed by atoms with Crippen molar-refractivity contribution in [2.45, 2.75) is 24.9 Å². The maximum atomic E-state index is 13.9. The lowest BCUT2D eigenvalue weighted by molar-refractivity contribution is -0.147. The molecule has 0 spiro atoms. The van der Waals surface area contributed by atoms with Crippen LogP contribution in [0.2, 0.25) is 0 Å². The van der Waals surface area contributed by atoms with Crippen LogP contribution in [0.4, 0.5) is 35.1 Å². The van der Waals surface area contributed by atoms with E-state index >= 15 is 0 Å². The van der Waals surface area contributed by atoms with Crippen LogP contribution < -0.4 is 4.74 Å². The van der Waals surface area contributed by atoms with Gasteiger partial charge in [-0.3, -0.25) is 0 Å². The van der Waals surface area contributed by atoms with Crippen LogP contribution in [0.25, 0.3) is 10.9 Å². The Morgan fingerprint density at radius 2 is 1.51 bits per heavy atom. The summed E-state index contributed by atoms with van der Waals surface area (Å²) in [5.41, 5.74) is -3.49. The molecule has 3 aromatic carbocycles. The summed E-state index contributed by atoms with van der Waals surface area (Å²) in [7, 11) is 0. The van der Waals surface area contributed by atoms with Gasteiger partial charge in [0.25, 0.3) is 0 Å². The van der Waals surface area contributed by atoms with Gasteiger partial charge >= 0.3 is 18.3 Å². The number of carboxylic acids is 1. The molecule has 4 rings (SSSR count). The van der Waals surface area contributed by atoms with Gasteiger partial charge in [0.15, 0.2) is 5.75 Å². The zero-order valence-electron chi connectivity index (χ0n) is 18.3. The molecule has 0 aliphatic rings. The number of alkyl halides is 7. The topological polar surface area (TPSA) is 62.3 Å². The minimum atomic E-state index is -5.44. The van der Waals surface area contributed by atoms with E-state index in [2.05, 4.69) is 4.98 Å². The van der Waals surface area contributed by atoms with E-state index in [9.17, 15) is 39.9 Å². The number of benzene rings is 3. The van der Waals surface area contributed by atoms with Crippen LogP contribution in [0.3, 0.4) is 0 Å². The van der Waals surface area contributed by atoms with Gasteiger partial charge in [-0.1, -0.05) is 12.1 Å². The third kappa shape index (κ3) is 5.52. The predicted molar refractivity (Wildman–Crippen MR) is 116 cm³/mol. The first-order chi connectivity index (χ1) is 17.2. The van der Waals surface area contributed by atoms with E-state index in [1.165, 1.54) is 36.4 Å². The maximum absolute atomic E-state index is 13.9. The molecule has 12 heteroatoms. The van der Waals surface area contributed by atoms with Crippen molar-refractivity contribution < 1.29 is 49.8 Å². The van der Waals surface area contributed by atoms with Gasteiger partial charge in [-0.2, -0.15) is 26.3 Å². The number of rotatable bonds is 6. The van der Waals surface area contributed by atoms with Crippen LogP contribution in [-0.2, 0) is 23.6 Å². The summed E-state index contributed by atoms with van der Waals surface area (Å²) in [6.07, 6.45) is -12.1. The Labute approximate surface area is 203 Å². The van der Waals surface area contributed by atoms with Crippen LogP contribution >= 0.6 is 0 Å². The van der Waals surface area contributed by atoms with E-state index in [0.717, 1.165) is 6.07 Å². The number of ether oxygens (including phenoxy) is 1. The van der Waals surface area contributed by atoms with Gasteiger partial charge in [0, 0.05) is 17.1 Å². The molecular weight excluding hydrogens is 514 g/mol. The normalized spacial score (nSPS) is 13.1. The minimum absolute atomic E-state index is 0.0157. The van der Waals surface area contributed by atoms with Gasteiger partial charge in [0.2, 0.25) is 6.17 Å². The van der Waals surface area contributed by atoms with Gasteiger partial charge in [-0.05, 0) is 65.6 Å². The molecule has 0 amide bonds. The van der Waals surface area contributed by atoms with Gasteiger partial charge in [0.1, 0.15) is 11.6 Å². The standard InChI is InChI=1S/C25H15F8NO3/c26-15-3-1-12(2-4-15)7-14-11-34-20-6-5-16(10-17(14)20)37-22-18(24(28,29)30)8-13(21(27)23(35)36)9-19(22)25(31,32)33/h1-6,8-11,21,34H,7H2,(H,35,36). The molecule has 37 heavy (non-hydrogen) atoms. The number of aromatic amines is 1. The monoisotopic (exact) mass is 529 g/mol. The Kier molecular flexibility index (Phi) is 6.61. The lowest BCUT2D eigenvalue weighted by atomic mass is 9.99. The molecule has 0 bridgehead atoms. The fourth-order valence-corrected chi connectivity index (χ4v) is 3.78. The van der Waals surface area contributed by atoms with Crippen molar-refractivity contribution >= 4 is 16.9 Å². The van der Waals surface area contributed by atoms with Gasteiger partial charge in [0.05, 0.1) is 11.1 Å². The molecule has 1 atom stereocenters. The number of halogens is 8. The number of fused-ring (bicyclic) bond motifs is 1. The second kappa shape index (κ2) is 9.41. The summed E-state index contributed by atoms with van der Waals surface area (Å²) in [5.74, 6) is -4.73. The highest BCUT2D eigenvalue weighted by Crippen LogP contribution is 2.47. The third-order valence-electron chi connectivity index (χ3n) is 5.50. The molecule has 4 nitrogen and oxygen atoms in total. The summed E-state index contributed by atoms with van der Waals surface area (Å²) in [4.78, 5) is 13.8. The van der Waals surface area contributed by atoms with Crippen LogP contribution in [0.1, 0.15) is 34.0 Å². The second-order valence-corrected chi connectivity index (χ2v) is 8.07. The molecule has 0 radical (unpaired) electrons. The molecule has 0 aliphatic heterocycles. The largest absolute Gasteiger partial charge is 0.479 e. The van der Waals surface area contributed by atoms with Crippen molar-refractivity contribution in [3.8, 4) is 11.5 Å². The predicted octanol–water partition coefficient (Wildman–Crippen LogP) is 7.82. The Balaban J connectivity index is 1.81. The molecule has 4 aromatic rings. The highest BCUT2D eigenvalue weighted by molar-refractivity contribution is 5.85. The second-order valence-electron chi connectivity index (χ2n) is 8.07. The Morgan fingerprint density at radius 3 is 2.05 bits per heavy atom. The van der Waals surface area contributed by atoms with E-state index in [4.69, 9.17) is 9.84 Å². The first-order valence-electron chi connectivity index (χ1n) is 10.5. The number of aliphatic carboxylic acids is 1. The molecule has 194 valence electrons. The van der Waals surface area contributed by atoms with Gasteiger partial charge in [-0.15, -0.1) is 0 Å². The summed E-state index contributed by atoms with van der Waals surface area (Å²) >= 11 is 0. The zero-order chi connectivity index (χ0) is 27.1. The van der Waals surface area contributed by atoms with Crippen molar-refractivity contribution in [2.24, 2.45) is 0 Å². The van der Waals surface area contributed by atoms with E-state index < -0.39 is 52.8 Å². The van der Waals surface area contributed by atoms with Gasteiger partial charge in [-0.25, -0.2) is 13.6 Å². The molecule has 0 saturated heterocycles. The van der Waals surface area contributed by atoms with Crippen LogP contribution in [0.5, 0.6) is 11.5 Å². The minimum Gasteiger partial charge on any atom is -0.479 e. The van der Waals surface area contributed by atoms with E-state index in [1.807, 2.05) is 0 Å². The lowest BCUT2D eigenvalue weighted by Gasteiger charge is -2.21. The molecule has 1 unspecified atom stereocenters. The van der Waals surface area contributed by atoms with Crippen molar-refractivity contribution in [3.63, 3.8) is 0 Å². The van der Waals surface area contributed by atoms with Crippen LogP contribution in [-0.4, -0.2) is 16.1 Å². The number of hydrogen-bond acceptors (Lipinski definition) is 2. The highest BCUT2D eigenvalue weighted by atomic mass is 19.4. The molecule has 0 saturated carbocycles. The summed E-state index contributed by atoms with van der Waals surface area (Å²) < 4.78 is 115. The van der Waals surface area contributed by atoms with Crippen molar-refractivity contribution in [3.05, 3.63) is 94.4 Å². The van der Waals surface area contributed by atoms with E-state index in [1.54, 1.807) is 6.20 Å². The smallest absolute Gasteiger partial charge is 0.420 e. The fourth-order valence-electron chi connectivity index (χ4n) is 3.78. The summed E-state index contributed by atoms with van der Waals surface area (Å²) in [5, 5.41) is 9.19. The van der Waals surface area contributed by atoms with Crippen molar-refractivity contribution in [1.82, 2.24) is 4.98 Å². The number of carbonyl (C=O) groups is 1. The fraction of sp³-hybridized carbons (Fsp3) is 0.160. The quantitative estimate of drug-likeness (QED) is 0.250. The Hall–Kier alpha value is -4.09. The number of aromatic nitrogens is 1. The Bertz CT molecular complexity index is 1420. The third-order valence-corrected chi connectivity index (χ3v) is 5.50. The van der Waals surface area contributed by atoms with Crippen molar-refractivity contribution in [1.29, 1.82) is 0 Å². The van der Waals surface area contributed by atoms with Gasteiger partial charge < -0.3 is 14.8 Å². The highest BCUT2D eigenvalue weighted by Gasteiger charge is 2.44. The molecule has 0 aliphatic carbocycles. The average Bonchev–Trinajstić information content (AvgIpc) is 3.20. The molecule has 0 fully saturated rings. The number of hydrogen-bond donors (Lipinski definition) is 2. The first-order valence-corrected chi connectivity index (χ1v) is 10.5. The Morgan fingerprint density at radius 1 is 0.919 bits per heavy atom. The lowest BCUT2D eigenvalue weighted by Crippen LogP contribution is -2.17. The van der Waals surface area contributed by atoms with Crippen LogP contribution in [0.15, 0.2) is 60.8 Å². The summed E-state index contributed by atoms with van der Waals surface area (Å²) in [6, 6.07) is 9.26. The van der Waals surface area contributed by atoms with E-state index in [-0.39, 0.29) is 24.3 Å². The number of carboxylic acid groups (broad SMARTS) is 1. The molecular formula is C25H15F8NO3. The average molecular weight is 529 g/mol. The molecule has 1 aromatic heterocycles. The number of H-pyrrole nitrogens is 1. The zero-order valence-corrected chi connectivity index (χ0v) is 18.3. The summed E-state index contributed by atoms with van der Waals surface area (Å²) in [6.45, 7) is 0. The van der Waals surface area contributed by atoms with E-state index in [0.29, 0.717) is 22.0 Å². The maximum Gasteiger partial charge on any atom is 0.420 e.